The Balaban J connectivity index is 1.53. The molecule has 3 N–H and O–H groups in total. The average molecular weight is 489 g/mol. The molecule has 0 bridgehead atoms. The number of non-ortho nitro benzene ring substituents is 1. The number of methoxy groups -OCH3 is 1. The highest BCUT2D eigenvalue weighted by Gasteiger charge is 2.26. The van der Waals surface area contributed by atoms with Crippen LogP contribution < -0.4 is 15.9 Å². The molecule has 1 aliphatic carbocycles. The molecule has 0 fully saturated rings. The summed E-state index contributed by atoms with van der Waals surface area (Å²) in [7, 11) is 1.61. The molecule has 36 heavy (non-hydrogen) atoms. The Bertz CT molecular complexity index is 1510. The number of fused-ring (bicyclic) bond motifs is 1. The first-order chi connectivity index (χ1) is 17.5. The molecule has 2 aromatic carbocycles. The predicted octanol–water partition coefficient (Wildman–Crippen LogP) is 2.29. The minimum Gasteiger partial charge on any atom is -0.497 e. The van der Waals surface area contributed by atoms with E-state index in [1.165, 1.54) is 18.2 Å². The zero-order valence-electron chi connectivity index (χ0n) is 18.9. The van der Waals surface area contributed by atoms with Crippen molar-refractivity contribution in [3.05, 3.63) is 69.4 Å². The second-order valence-electron chi connectivity index (χ2n) is 7.86. The number of nitrogens with one attached hydrogen (secondary N) is 1. The van der Waals surface area contributed by atoms with Crippen LogP contribution in [0.1, 0.15) is 34.5 Å². The number of nitrogens with two attached hydrogens (primary N) is 1. The van der Waals surface area contributed by atoms with Crippen LogP contribution in [0.15, 0.2) is 52.2 Å². The number of anilines is 1. The molecule has 0 unspecified atom stereocenters. The molecule has 0 atom stereocenters. The van der Waals surface area contributed by atoms with Crippen LogP contribution in [0, 0.1) is 10.1 Å². The van der Waals surface area contributed by atoms with Crippen LogP contribution in [0.2, 0.25) is 0 Å². The quantitative estimate of drug-likeness (QED) is 0.300. The lowest BCUT2D eigenvalue weighted by molar-refractivity contribution is -0.384. The van der Waals surface area contributed by atoms with Crippen molar-refractivity contribution >= 4 is 23.1 Å². The smallest absolute Gasteiger partial charge is 0.294 e. The Hall–Kier alpha value is -5.14. The first-order valence-electron chi connectivity index (χ1n) is 10.8. The summed E-state index contributed by atoms with van der Waals surface area (Å²) in [5.41, 5.74) is 11.1. The van der Waals surface area contributed by atoms with Gasteiger partial charge < -0.3 is 10.5 Å². The van der Waals surface area contributed by atoms with E-state index in [4.69, 9.17) is 10.5 Å². The summed E-state index contributed by atoms with van der Waals surface area (Å²) in [5.74, 6) is -0.0534. The van der Waals surface area contributed by atoms with Gasteiger partial charge in [-0.1, -0.05) is 17.3 Å². The summed E-state index contributed by atoms with van der Waals surface area (Å²) < 4.78 is 11.1. The lowest BCUT2D eigenvalue weighted by atomic mass is 9.90. The maximum Gasteiger partial charge on any atom is 0.294 e. The van der Waals surface area contributed by atoms with E-state index in [1.54, 1.807) is 13.2 Å². The van der Waals surface area contributed by atoms with E-state index < -0.39 is 10.8 Å². The normalized spacial score (nSPS) is 13.9. The molecule has 2 heterocycles. The van der Waals surface area contributed by atoms with Crippen molar-refractivity contribution in [3.63, 3.8) is 0 Å². The second kappa shape index (κ2) is 9.25. The fourth-order valence-electron chi connectivity index (χ4n) is 4.00. The minimum absolute atomic E-state index is 0.0236. The van der Waals surface area contributed by atoms with E-state index in [0.29, 0.717) is 12.1 Å². The highest BCUT2D eigenvalue weighted by Crippen LogP contribution is 2.29. The fraction of sp³-hybridized carbons (Fsp3) is 0.182. The van der Waals surface area contributed by atoms with Crippen molar-refractivity contribution in [1.29, 1.82) is 0 Å². The first-order valence-corrected chi connectivity index (χ1v) is 10.8. The largest absolute Gasteiger partial charge is 0.497 e. The number of carbonyl (C=O) groups is 1. The number of hydrogen-bond acceptors (Lipinski definition) is 11. The fourth-order valence-corrected chi connectivity index (χ4v) is 4.00. The third-order valence-corrected chi connectivity index (χ3v) is 5.69. The van der Waals surface area contributed by atoms with Gasteiger partial charge in [0, 0.05) is 23.3 Å². The maximum absolute atomic E-state index is 13.2. The number of hydrazone groups is 1. The van der Waals surface area contributed by atoms with E-state index in [0.717, 1.165) is 34.4 Å². The van der Waals surface area contributed by atoms with Gasteiger partial charge in [-0.2, -0.15) is 9.78 Å². The number of carbonyl (C=O) groups excluding carboxylic acids is 1. The van der Waals surface area contributed by atoms with Gasteiger partial charge in [0.1, 0.15) is 11.4 Å². The van der Waals surface area contributed by atoms with Crippen molar-refractivity contribution in [2.24, 2.45) is 5.10 Å². The summed E-state index contributed by atoms with van der Waals surface area (Å²) in [5, 5.41) is 30.9. The lowest BCUT2D eigenvalue weighted by Gasteiger charge is -2.18. The average Bonchev–Trinajstić information content (AvgIpc) is 3.52. The summed E-state index contributed by atoms with van der Waals surface area (Å²) in [6.07, 6.45) is 2.41. The Labute approximate surface area is 202 Å². The van der Waals surface area contributed by atoms with Crippen molar-refractivity contribution in [1.82, 2.24) is 30.7 Å². The van der Waals surface area contributed by atoms with Crippen LogP contribution in [0.4, 0.5) is 11.5 Å². The van der Waals surface area contributed by atoms with Crippen molar-refractivity contribution in [2.45, 2.75) is 19.3 Å². The Morgan fingerprint density at radius 1 is 1.25 bits per heavy atom. The first kappa shape index (κ1) is 22.6. The third-order valence-electron chi connectivity index (χ3n) is 5.69. The monoisotopic (exact) mass is 489 g/mol. The second-order valence-corrected chi connectivity index (χ2v) is 7.86. The Kier molecular flexibility index (Phi) is 5.82. The molecule has 0 aliphatic heterocycles. The highest BCUT2D eigenvalue weighted by molar-refractivity contribution is 6.04. The van der Waals surface area contributed by atoms with Gasteiger partial charge in [-0.25, -0.2) is 10.1 Å². The van der Waals surface area contributed by atoms with E-state index in [9.17, 15) is 14.9 Å². The van der Waals surface area contributed by atoms with Crippen LogP contribution in [-0.4, -0.2) is 49.0 Å². The summed E-state index contributed by atoms with van der Waals surface area (Å²) in [4.78, 5) is 24.0. The molecular formula is C22H19N9O5. The van der Waals surface area contributed by atoms with Gasteiger partial charge >= 0.3 is 0 Å². The molecule has 182 valence electrons. The van der Waals surface area contributed by atoms with Crippen molar-refractivity contribution < 1.29 is 19.1 Å². The molecule has 14 heteroatoms. The topological polar surface area (TPSA) is 189 Å². The van der Waals surface area contributed by atoms with Gasteiger partial charge in [-0.05, 0) is 53.3 Å². The standard InChI is InChI=1S/C22H19N9O5/c1-35-15-8-9-16-12(11-15)4-3-7-17(16)24-26-22(32)18-19(13-5-2-6-14(10-13)31(33)34)30(29-25-18)21-20(23)27-36-28-21/h2,5-6,8-11H,3-4,7H2,1H3,(H2,23,27)(H,26,32). The molecule has 4 aromatic rings. The third kappa shape index (κ3) is 4.11. The Morgan fingerprint density at radius 3 is 2.86 bits per heavy atom. The molecule has 0 saturated heterocycles. The summed E-state index contributed by atoms with van der Waals surface area (Å²) >= 11 is 0. The molecule has 5 rings (SSSR count). The van der Waals surface area contributed by atoms with Crippen molar-refractivity contribution in [3.8, 4) is 22.8 Å². The number of ether oxygens (including phenoxy) is 1. The molecule has 14 nitrogen and oxygen atoms in total. The van der Waals surface area contributed by atoms with Crippen LogP contribution in [0.5, 0.6) is 5.75 Å². The molecule has 0 saturated carbocycles. The molecule has 0 spiro atoms. The number of nitro groups is 1. The summed E-state index contributed by atoms with van der Waals surface area (Å²) in [6.45, 7) is 0. The molecule has 1 aliphatic rings. The zero-order valence-corrected chi connectivity index (χ0v) is 18.9. The lowest BCUT2D eigenvalue weighted by Crippen LogP contribution is -2.23. The number of nitrogen functional groups attached to an aromatic ring is 1. The van der Waals surface area contributed by atoms with Crippen LogP contribution >= 0.6 is 0 Å². The van der Waals surface area contributed by atoms with E-state index in [2.05, 4.69) is 35.8 Å². The number of aromatic nitrogens is 5. The number of rotatable bonds is 6. The van der Waals surface area contributed by atoms with Gasteiger partial charge in [-0.3, -0.25) is 14.9 Å². The zero-order chi connectivity index (χ0) is 25.2. The minimum atomic E-state index is -0.675. The summed E-state index contributed by atoms with van der Waals surface area (Å²) in [6, 6.07) is 11.3. The molecular weight excluding hydrogens is 470 g/mol. The van der Waals surface area contributed by atoms with E-state index >= 15 is 0 Å². The van der Waals surface area contributed by atoms with Gasteiger partial charge in [-0.15, -0.1) is 5.10 Å². The SMILES string of the molecule is COc1ccc2c(c1)CCCC2=NNC(=O)c1nnn(-c2nonc2N)c1-c1cccc([N+](=O)[O-])c1. The van der Waals surface area contributed by atoms with Gasteiger partial charge in [0.15, 0.2) is 5.69 Å². The number of nitrogens with zero attached hydrogens (tertiary/aromatic N) is 7. The number of benzene rings is 2. The van der Waals surface area contributed by atoms with Gasteiger partial charge in [0.05, 0.1) is 17.7 Å². The van der Waals surface area contributed by atoms with E-state index in [-0.39, 0.29) is 34.3 Å². The van der Waals surface area contributed by atoms with Gasteiger partial charge in [0.25, 0.3) is 11.6 Å². The Morgan fingerprint density at radius 2 is 2.11 bits per heavy atom. The van der Waals surface area contributed by atoms with E-state index in [1.807, 2.05) is 18.2 Å². The predicted molar refractivity (Wildman–Crippen MR) is 126 cm³/mol. The van der Waals surface area contributed by atoms with Crippen LogP contribution in [0.3, 0.4) is 0 Å². The van der Waals surface area contributed by atoms with Crippen molar-refractivity contribution in [2.75, 3.05) is 12.8 Å². The number of nitro benzene ring substituents is 1. The highest BCUT2D eigenvalue weighted by atomic mass is 16.6. The van der Waals surface area contributed by atoms with Crippen LogP contribution in [-0.2, 0) is 6.42 Å². The number of amides is 1. The molecule has 0 radical (unpaired) electrons. The number of hydrogen-bond donors (Lipinski definition) is 2. The van der Waals surface area contributed by atoms with Gasteiger partial charge in [0.2, 0.25) is 11.6 Å². The molecule has 1 amide bonds. The molecule has 2 aromatic heterocycles. The van der Waals surface area contributed by atoms with Crippen LogP contribution in [0.25, 0.3) is 17.1 Å². The maximum atomic E-state index is 13.2. The number of aryl methyl sites for hydroxylation is 1.